The number of amides is 3. The number of rotatable bonds is 7. The molecule has 1 aromatic carbocycles. The van der Waals surface area contributed by atoms with E-state index >= 15 is 0 Å². The Morgan fingerprint density at radius 1 is 1.08 bits per heavy atom. The molecule has 1 fully saturated rings. The third-order valence-electron chi connectivity index (χ3n) is 4.58. The third kappa shape index (κ3) is 6.38. The number of benzene rings is 1. The molecule has 7 heteroatoms. The van der Waals surface area contributed by atoms with Crippen LogP contribution in [0.4, 0.5) is 10.5 Å². The van der Waals surface area contributed by atoms with Crippen LogP contribution in [0.25, 0.3) is 0 Å². The molecule has 1 saturated carbocycles. The summed E-state index contributed by atoms with van der Waals surface area (Å²) < 4.78 is 0. The van der Waals surface area contributed by atoms with Crippen molar-refractivity contribution >= 4 is 23.6 Å². The van der Waals surface area contributed by atoms with Crippen LogP contribution < -0.4 is 16.0 Å². The van der Waals surface area contributed by atoms with Crippen molar-refractivity contribution in [3.63, 3.8) is 0 Å². The Hall–Kier alpha value is -2.57. The Morgan fingerprint density at radius 3 is 2.31 bits per heavy atom. The summed E-state index contributed by atoms with van der Waals surface area (Å²) >= 11 is 0. The number of carbonyl (C=O) groups excluding carboxylic acids is 2. The maximum Gasteiger partial charge on any atom is 0.315 e. The number of nitrogens with one attached hydrogen (secondary N) is 3. The highest BCUT2D eigenvalue weighted by atomic mass is 16.4. The summed E-state index contributed by atoms with van der Waals surface area (Å²) in [5.41, 5.74) is 1.68. The van der Waals surface area contributed by atoms with E-state index in [1.54, 1.807) is 0 Å². The Bertz CT molecular complexity index is 622. The van der Waals surface area contributed by atoms with Crippen LogP contribution in [0.3, 0.4) is 0 Å². The van der Waals surface area contributed by atoms with Crippen LogP contribution in [0, 0.1) is 5.92 Å². The summed E-state index contributed by atoms with van der Waals surface area (Å²) in [5, 5.41) is 17.5. The predicted molar refractivity (Wildman–Crippen MR) is 98.7 cm³/mol. The van der Waals surface area contributed by atoms with Gasteiger partial charge in [0.05, 0.1) is 5.92 Å². The zero-order chi connectivity index (χ0) is 18.9. The van der Waals surface area contributed by atoms with Crippen LogP contribution in [0.1, 0.15) is 51.0 Å². The predicted octanol–water partition coefficient (Wildman–Crippen LogP) is 2.87. The molecule has 0 saturated heterocycles. The van der Waals surface area contributed by atoms with E-state index in [-0.39, 0.29) is 23.9 Å². The van der Waals surface area contributed by atoms with Crippen LogP contribution in [0.2, 0.25) is 0 Å². The maximum absolute atomic E-state index is 12.0. The number of anilines is 1. The highest BCUT2D eigenvalue weighted by molar-refractivity contribution is 5.90. The molecule has 3 amide bonds. The van der Waals surface area contributed by atoms with Crippen molar-refractivity contribution in [1.29, 1.82) is 0 Å². The molecule has 0 radical (unpaired) electrons. The normalized spacial score (nSPS) is 19.4. The number of carboxylic acid groups (broad SMARTS) is 1. The van der Waals surface area contributed by atoms with E-state index in [1.807, 2.05) is 31.2 Å². The van der Waals surface area contributed by atoms with Gasteiger partial charge in [0.15, 0.2) is 0 Å². The minimum absolute atomic E-state index is 0.00429. The summed E-state index contributed by atoms with van der Waals surface area (Å²) in [6.07, 6.45) is 3.89. The molecule has 0 aliphatic heterocycles. The van der Waals surface area contributed by atoms with Crippen molar-refractivity contribution in [2.24, 2.45) is 5.92 Å². The Balaban J connectivity index is 1.70. The average Bonchev–Trinajstić information content (AvgIpc) is 2.62. The van der Waals surface area contributed by atoms with Gasteiger partial charge in [-0.15, -0.1) is 0 Å². The van der Waals surface area contributed by atoms with Crippen molar-refractivity contribution < 1.29 is 19.5 Å². The first-order valence-corrected chi connectivity index (χ1v) is 9.14. The fourth-order valence-corrected chi connectivity index (χ4v) is 3.06. The molecule has 1 aliphatic rings. The van der Waals surface area contributed by atoms with E-state index in [9.17, 15) is 14.4 Å². The SMILES string of the molecule is CCCC(=O)Nc1ccc(CNC(=O)NC2CCC(C(=O)O)CC2)cc1. The highest BCUT2D eigenvalue weighted by Gasteiger charge is 2.26. The molecule has 4 N–H and O–H groups in total. The van der Waals surface area contributed by atoms with Crippen molar-refractivity contribution in [2.45, 2.75) is 58.0 Å². The van der Waals surface area contributed by atoms with Gasteiger partial charge in [-0.2, -0.15) is 0 Å². The van der Waals surface area contributed by atoms with Gasteiger partial charge in [0, 0.05) is 24.7 Å². The van der Waals surface area contributed by atoms with Crippen molar-refractivity contribution in [3.05, 3.63) is 29.8 Å². The minimum atomic E-state index is -0.748. The number of hydrogen-bond donors (Lipinski definition) is 4. The molecule has 1 aromatic rings. The topological polar surface area (TPSA) is 108 Å². The summed E-state index contributed by atoms with van der Waals surface area (Å²) in [4.78, 5) is 34.5. The first-order chi connectivity index (χ1) is 12.5. The van der Waals surface area contributed by atoms with Crippen LogP contribution in [-0.2, 0) is 16.1 Å². The van der Waals surface area contributed by atoms with Crippen LogP contribution >= 0.6 is 0 Å². The lowest BCUT2D eigenvalue weighted by molar-refractivity contribution is -0.142. The first kappa shape index (κ1) is 19.8. The van der Waals surface area contributed by atoms with Crippen molar-refractivity contribution in [2.75, 3.05) is 5.32 Å². The monoisotopic (exact) mass is 361 g/mol. The van der Waals surface area contributed by atoms with E-state index in [0.717, 1.165) is 17.7 Å². The fourth-order valence-electron chi connectivity index (χ4n) is 3.06. The Labute approximate surface area is 153 Å². The maximum atomic E-state index is 12.0. The summed E-state index contributed by atoms with van der Waals surface area (Å²) in [5.74, 6) is -1.04. The molecule has 26 heavy (non-hydrogen) atoms. The third-order valence-corrected chi connectivity index (χ3v) is 4.58. The summed E-state index contributed by atoms with van der Waals surface area (Å²) in [6.45, 7) is 2.34. The van der Waals surface area contributed by atoms with Crippen molar-refractivity contribution in [1.82, 2.24) is 10.6 Å². The van der Waals surface area contributed by atoms with Gasteiger partial charge in [-0.25, -0.2) is 4.79 Å². The number of carbonyl (C=O) groups is 3. The molecule has 0 aromatic heterocycles. The minimum Gasteiger partial charge on any atom is -0.481 e. The van der Waals surface area contributed by atoms with E-state index in [0.29, 0.717) is 38.6 Å². The fraction of sp³-hybridized carbons (Fsp3) is 0.526. The van der Waals surface area contributed by atoms with E-state index < -0.39 is 5.97 Å². The zero-order valence-corrected chi connectivity index (χ0v) is 15.1. The molecule has 2 rings (SSSR count). The lowest BCUT2D eigenvalue weighted by Crippen LogP contribution is -2.43. The van der Waals surface area contributed by atoms with Gasteiger partial charge in [0.25, 0.3) is 0 Å². The highest BCUT2D eigenvalue weighted by Crippen LogP contribution is 2.24. The van der Waals surface area contributed by atoms with Gasteiger partial charge in [-0.05, 0) is 49.8 Å². The van der Waals surface area contributed by atoms with E-state index in [1.165, 1.54) is 0 Å². The molecule has 0 heterocycles. The Morgan fingerprint density at radius 2 is 1.73 bits per heavy atom. The standard InChI is InChI=1S/C19H27N3O4/c1-2-3-17(23)21-15-8-4-13(5-9-15)12-20-19(26)22-16-10-6-14(7-11-16)18(24)25/h4-5,8-9,14,16H,2-3,6-7,10-12H2,1H3,(H,21,23)(H,24,25)(H2,20,22,26). The quantitative estimate of drug-likeness (QED) is 0.599. The van der Waals surface area contributed by atoms with Crippen LogP contribution in [0.5, 0.6) is 0 Å². The second-order valence-electron chi connectivity index (χ2n) is 6.71. The number of urea groups is 1. The number of aliphatic carboxylic acids is 1. The molecular weight excluding hydrogens is 334 g/mol. The molecule has 7 nitrogen and oxygen atoms in total. The summed E-state index contributed by atoms with van der Waals surface area (Å²) in [7, 11) is 0. The van der Waals surface area contributed by atoms with Crippen LogP contribution in [-0.4, -0.2) is 29.1 Å². The number of carboxylic acids is 1. The van der Waals surface area contributed by atoms with E-state index in [2.05, 4.69) is 16.0 Å². The van der Waals surface area contributed by atoms with Gasteiger partial charge in [-0.3, -0.25) is 9.59 Å². The Kier molecular flexibility index (Phi) is 7.44. The first-order valence-electron chi connectivity index (χ1n) is 9.14. The second kappa shape index (κ2) is 9.79. The molecular formula is C19H27N3O4. The molecule has 1 aliphatic carbocycles. The van der Waals surface area contributed by atoms with E-state index in [4.69, 9.17) is 5.11 Å². The molecule has 142 valence electrons. The largest absolute Gasteiger partial charge is 0.481 e. The average molecular weight is 361 g/mol. The second-order valence-corrected chi connectivity index (χ2v) is 6.71. The van der Waals surface area contributed by atoms with Gasteiger partial charge in [0.1, 0.15) is 0 Å². The van der Waals surface area contributed by atoms with Crippen molar-refractivity contribution in [3.8, 4) is 0 Å². The molecule has 0 bridgehead atoms. The van der Waals surface area contributed by atoms with Gasteiger partial charge >= 0.3 is 12.0 Å². The van der Waals surface area contributed by atoms with Gasteiger partial charge in [0.2, 0.25) is 5.91 Å². The smallest absolute Gasteiger partial charge is 0.315 e. The lowest BCUT2D eigenvalue weighted by Gasteiger charge is -2.26. The lowest BCUT2D eigenvalue weighted by atomic mass is 9.86. The zero-order valence-electron chi connectivity index (χ0n) is 15.1. The van der Waals surface area contributed by atoms with Crippen LogP contribution in [0.15, 0.2) is 24.3 Å². The van der Waals surface area contributed by atoms with Gasteiger partial charge in [-0.1, -0.05) is 19.1 Å². The number of hydrogen-bond acceptors (Lipinski definition) is 3. The molecule has 0 spiro atoms. The van der Waals surface area contributed by atoms with Gasteiger partial charge < -0.3 is 21.1 Å². The molecule has 0 atom stereocenters. The summed E-state index contributed by atoms with van der Waals surface area (Å²) in [6, 6.07) is 7.14. The molecule has 0 unspecified atom stereocenters.